The van der Waals surface area contributed by atoms with Crippen molar-refractivity contribution in [2.45, 2.75) is 32.2 Å². The molecule has 128 valence electrons. The van der Waals surface area contributed by atoms with E-state index < -0.39 is 0 Å². The highest BCUT2D eigenvalue weighted by Gasteiger charge is 2.29. The molecule has 0 N–H and O–H groups in total. The summed E-state index contributed by atoms with van der Waals surface area (Å²) in [6.07, 6.45) is 13.7. The third kappa shape index (κ3) is 3.57. The van der Waals surface area contributed by atoms with Gasteiger partial charge in [0.2, 0.25) is 0 Å². The summed E-state index contributed by atoms with van der Waals surface area (Å²) >= 11 is 0. The van der Waals surface area contributed by atoms with Gasteiger partial charge in [0, 0.05) is 24.6 Å². The Kier molecular flexibility index (Phi) is 4.75. The van der Waals surface area contributed by atoms with Crippen molar-refractivity contribution < 1.29 is 0 Å². The Morgan fingerprint density at radius 1 is 1.12 bits per heavy atom. The highest BCUT2D eigenvalue weighted by Crippen LogP contribution is 2.42. The van der Waals surface area contributed by atoms with Gasteiger partial charge in [-0.25, -0.2) is 0 Å². The van der Waals surface area contributed by atoms with Gasteiger partial charge in [-0.3, -0.25) is 0 Å². The Labute approximate surface area is 150 Å². The number of hydrogen-bond donors (Lipinski definition) is 0. The zero-order valence-corrected chi connectivity index (χ0v) is 14.9. The number of allylic oxidation sites excluding steroid dienone is 5. The summed E-state index contributed by atoms with van der Waals surface area (Å²) in [6, 6.07) is 10.7. The molecular weight excluding hydrogens is 306 g/mol. The van der Waals surface area contributed by atoms with Crippen molar-refractivity contribution in [3.05, 3.63) is 82.7 Å². The standard InChI is InChI=1S/C22H25N3/c1-25(16-17-8-4-2-5-9-17)15-14-18-12-13-20-21(18)22(24-23-20)19-10-6-3-7-11-19/h2,4-6,8-10,12-13,19H,3,7,11,14-16H2,1H3. The minimum atomic E-state index is 0.446. The van der Waals surface area contributed by atoms with Gasteiger partial charge in [-0.2, -0.15) is 10.2 Å². The van der Waals surface area contributed by atoms with E-state index in [4.69, 9.17) is 0 Å². The van der Waals surface area contributed by atoms with Gasteiger partial charge in [0.25, 0.3) is 0 Å². The van der Waals surface area contributed by atoms with E-state index in [0.717, 1.165) is 25.2 Å². The van der Waals surface area contributed by atoms with Crippen LogP contribution in [-0.4, -0.2) is 18.5 Å². The number of benzene rings is 1. The lowest BCUT2D eigenvalue weighted by Crippen LogP contribution is -2.19. The average molecular weight is 331 g/mol. The summed E-state index contributed by atoms with van der Waals surface area (Å²) in [5.41, 5.74) is 6.33. The quantitative estimate of drug-likeness (QED) is 0.641. The van der Waals surface area contributed by atoms with Crippen LogP contribution < -0.4 is 0 Å². The number of azo groups is 1. The second-order valence-electron chi connectivity index (χ2n) is 7.14. The van der Waals surface area contributed by atoms with Crippen molar-refractivity contribution in [3.63, 3.8) is 0 Å². The third-order valence-corrected chi connectivity index (χ3v) is 5.20. The van der Waals surface area contributed by atoms with Gasteiger partial charge >= 0.3 is 0 Å². The van der Waals surface area contributed by atoms with Gasteiger partial charge in [-0.05, 0) is 49.9 Å². The Bertz CT molecular complexity index is 781. The maximum absolute atomic E-state index is 4.52. The molecular formula is C22H25N3. The lowest BCUT2D eigenvalue weighted by atomic mass is 9.89. The molecule has 3 heteroatoms. The molecule has 1 heterocycles. The van der Waals surface area contributed by atoms with Crippen molar-refractivity contribution in [1.29, 1.82) is 0 Å². The summed E-state index contributed by atoms with van der Waals surface area (Å²) in [7, 11) is 2.19. The maximum Gasteiger partial charge on any atom is 0.0951 e. The molecule has 0 spiro atoms. The van der Waals surface area contributed by atoms with E-state index in [1.165, 1.54) is 41.7 Å². The third-order valence-electron chi connectivity index (χ3n) is 5.20. The molecule has 0 fully saturated rings. The Balaban J connectivity index is 1.41. The Morgan fingerprint density at radius 3 is 2.80 bits per heavy atom. The number of rotatable bonds is 6. The predicted octanol–water partition coefficient (Wildman–Crippen LogP) is 5.41. The molecule has 4 rings (SSSR count). The minimum Gasteiger partial charge on any atom is -0.302 e. The fourth-order valence-electron chi connectivity index (χ4n) is 3.84. The van der Waals surface area contributed by atoms with Gasteiger partial charge in [0.15, 0.2) is 0 Å². The van der Waals surface area contributed by atoms with Crippen LogP contribution in [0.25, 0.3) is 0 Å². The number of hydrogen-bond acceptors (Lipinski definition) is 3. The van der Waals surface area contributed by atoms with Crippen molar-refractivity contribution in [3.8, 4) is 0 Å². The highest BCUT2D eigenvalue weighted by molar-refractivity contribution is 5.59. The van der Waals surface area contributed by atoms with Gasteiger partial charge in [0.1, 0.15) is 0 Å². The first-order chi connectivity index (χ1) is 12.3. The summed E-state index contributed by atoms with van der Waals surface area (Å²) in [5.74, 6) is 0.446. The fourth-order valence-corrected chi connectivity index (χ4v) is 3.84. The second-order valence-corrected chi connectivity index (χ2v) is 7.14. The molecule has 1 atom stereocenters. The van der Waals surface area contributed by atoms with Crippen LogP contribution in [0, 0.1) is 5.92 Å². The molecule has 3 aliphatic rings. The van der Waals surface area contributed by atoms with Crippen LogP contribution in [0.5, 0.6) is 0 Å². The SMILES string of the molecule is CN(CCC1=CC=C2N=NC(C3C=CCCC3)=C12)Cc1ccccc1. The van der Waals surface area contributed by atoms with Crippen LogP contribution in [0.3, 0.4) is 0 Å². The predicted molar refractivity (Wildman–Crippen MR) is 102 cm³/mol. The molecule has 3 nitrogen and oxygen atoms in total. The van der Waals surface area contributed by atoms with Crippen LogP contribution >= 0.6 is 0 Å². The van der Waals surface area contributed by atoms with E-state index in [2.05, 4.69) is 76.8 Å². The molecule has 1 aromatic carbocycles. The van der Waals surface area contributed by atoms with Crippen molar-refractivity contribution in [1.82, 2.24) is 4.90 Å². The van der Waals surface area contributed by atoms with E-state index in [1.807, 2.05) is 0 Å². The molecule has 0 aromatic heterocycles. The fraction of sp³-hybridized carbons (Fsp3) is 0.364. The van der Waals surface area contributed by atoms with E-state index in [1.54, 1.807) is 0 Å². The summed E-state index contributed by atoms with van der Waals surface area (Å²) in [6.45, 7) is 2.03. The zero-order chi connectivity index (χ0) is 17.1. The molecule has 0 radical (unpaired) electrons. The molecule has 0 amide bonds. The Morgan fingerprint density at radius 2 is 2.00 bits per heavy atom. The highest BCUT2D eigenvalue weighted by atomic mass is 15.2. The average Bonchev–Trinajstić information content (AvgIpc) is 3.24. The first-order valence-electron chi connectivity index (χ1n) is 9.28. The maximum atomic E-state index is 4.52. The molecule has 1 aromatic rings. The van der Waals surface area contributed by atoms with Crippen LogP contribution in [0.1, 0.15) is 31.2 Å². The summed E-state index contributed by atoms with van der Waals surface area (Å²) in [5, 5.41) is 8.93. The van der Waals surface area contributed by atoms with E-state index in [9.17, 15) is 0 Å². The van der Waals surface area contributed by atoms with Crippen molar-refractivity contribution in [2.24, 2.45) is 16.1 Å². The Hall–Kier alpha value is -2.26. The lowest BCUT2D eigenvalue weighted by Gasteiger charge is -2.19. The largest absolute Gasteiger partial charge is 0.302 e. The first-order valence-corrected chi connectivity index (χ1v) is 9.28. The van der Waals surface area contributed by atoms with Crippen LogP contribution in [0.2, 0.25) is 0 Å². The second kappa shape index (κ2) is 7.32. The normalized spacial score (nSPS) is 21.8. The topological polar surface area (TPSA) is 28.0 Å². The van der Waals surface area contributed by atoms with Gasteiger partial charge < -0.3 is 4.90 Å². The molecule has 0 saturated carbocycles. The smallest absolute Gasteiger partial charge is 0.0951 e. The number of nitrogens with zero attached hydrogens (tertiary/aromatic N) is 3. The van der Waals surface area contributed by atoms with Gasteiger partial charge in [0.05, 0.1) is 11.4 Å². The minimum absolute atomic E-state index is 0.446. The zero-order valence-electron chi connectivity index (χ0n) is 14.9. The summed E-state index contributed by atoms with van der Waals surface area (Å²) in [4.78, 5) is 2.39. The lowest BCUT2D eigenvalue weighted by molar-refractivity contribution is 0.331. The first kappa shape index (κ1) is 16.2. The molecule has 0 saturated heterocycles. The van der Waals surface area contributed by atoms with E-state index in [-0.39, 0.29) is 0 Å². The van der Waals surface area contributed by atoms with Crippen LogP contribution in [-0.2, 0) is 6.54 Å². The molecule has 1 unspecified atom stereocenters. The van der Waals surface area contributed by atoms with Gasteiger partial charge in [-0.15, -0.1) is 0 Å². The molecule has 1 aliphatic heterocycles. The van der Waals surface area contributed by atoms with E-state index >= 15 is 0 Å². The van der Waals surface area contributed by atoms with Crippen LogP contribution in [0.4, 0.5) is 0 Å². The van der Waals surface area contributed by atoms with Crippen LogP contribution in [0.15, 0.2) is 87.4 Å². The van der Waals surface area contributed by atoms with E-state index in [0.29, 0.717) is 5.92 Å². The van der Waals surface area contributed by atoms with Gasteiger partial charge in [-0.1, -0.05) is 48.6 Å². The molecule has 25 heavy (non-hydrogen) atoms. The monoisotopic (exact) mass is 331 g/mol. The summed E-state index contributed by atoms with van der Waals surface area (Å²) < 4.78 is 0. The molecule has 2 aliphatic carbocycles. The molecule has 0 bridgehead atoms. The number of fused-ring (bicyclic) bond motifs is 1. The van der Waals surface area contributed by atoms with Crippen molar-refractivity contribution in [2.75, 3.05) is 13.6 Å². The van der Waals surface area contributed by atoms with Crippen molar-refractivity contribution >= 4 is 0 Å².